The highest BCUT2D eigenvalue weighted by atomic mass is 16.5. The molecular weight excluding hydrogens is 835 g/mol. The summed E-state index contributed by atoms with van der Waals surface area (Å²) in [7, 11) is 0. The lowest BCUT2D eigenvalue weighted by Crippen LogP contribution is -2.05. The lowest BCUT2D eigenvalue weighted by atomic mass is 9.92. The molecule has 374 valence electrons. The first-order valence-corrected chi connectivity index (χ1v) is 27.4. The number of nitrogens with zero attached hydrogens (tertiary/aromatic N) is 3. The third kappa shape index (κ3) is 19.7. The topological polar surface area (TPSA) is 104 Å². The maximum Gasteiger partial charge on any atom is 0.169 e. The molecule has 0 aromatic heterocycles. The van der Waals surface area contributed by atoms with Crippen LogP contribution in [0.1, 0.15) is 214 Å². The van der Waals surface area contributed by atoms with Crippen LogP contribution in [0.25, 0.3) is 42.8 Å². The lowest BCUT2D eigenvalue weighted by molar-refractivity contribution is 0.259. The fourth-order valence-corrected chi connectivity index (χ4v) is 8.88. The van der Waals surface area contributed by atoms with Crippen LogP contribution in [0.5, 0.6) is 34.5 Å². The first-order chi connectivity index (χ1) is 33.1. The molecule has 0 radical (unpaired) electrons. The number of hydrogen-bond acceptors (Lipinski definition) is 7. The minimum atomic E-state index is 0.599. The Morgan fingerprint density at radius 2 is 0.657 bits per heavy atom. The van der Waals surface area contributed by atoms with Crippen LogP contribution in [0, 0.1) is 0 Å². The van der Waals surface area contributed by atoms with Gasteiger partial charge in [-0.1, -0.05) is 175 Å². The molecule has 0 aliphatic carbocycles. The fourth-order valence-electron chi connectivity index (χ4n) is 8.88. The molecule has 4 aromatic carbocycles. The molecular formula is C58H91N3O6. The van der Waals surface area contributed by atoms with E-state index in [-0.39, 0.29) is 0 Å². The second-order valence-corrected chi connectivity index (χ2v) is 18.7. The summed E-state index contributed by atoms with van der Waals surface area (Å²) in [6.45, 7) is 15.7. The van der Waals surface area contributed by atoms with E-state index in [1.807, 2.05) is 0 Å². The number of hydrogen-bond donors (Lipinski definition) is 0. The Morgan fingerprint density at radius 3 is 1.06 bits per heavy atom. The molecule has 0 saturated heterocycles. The van der Waals surface area contributed by atoms with Crippen molar-refractivity contribution < 1.29 is 28.4 Å². The van der Waals surface area contributed by atoms with Crippen molar-refractivity contribution in [2.24, 2.45) is 5.11 Å². The second-order valence-electron chi connectivity index (χ2n) is 18.7. The molecule has 4 aromatic rings. The zero-order chi connectivity index (χ0) is 47.6. The van der Waals surface area contributed by atoms with Gasteiger partial charge in [-0.15, -0.1) is 0 Å². The first-order valence-electron chi connectivity index (χ1n) is 27.4. The van der Waals surface area contributed by atoms with E-state index in [0.717, 1.165) is 157 Å². The molecule has 9 heteroatoms. The second kappa shape index (κ2) is 35.0. The van der Waals surface area contributed by atoms with E-state index in [9.17, 15) is 0 Å². The van der Waals surface area contributed by atoms with Gasteiger partial charge in [0.2, 0.25) is 0 Å². The van der Waals surface area contributed by atoms with Crippen molar-refractivity contribution in [3.05, 3.63) is 46.8 Å². The minimum Gasteiger partial charge on any atom is -0.490 e. The molecule has 9 nitrogen and oxygen atoms in total. The van der Waals surface area contributed by atoms with Crippen molar-refractivity contribution in [3.8, 4) is 34.5 Å². The smallest absolute Gasteiger partial charge is 0.169 e. The average molecular weight is 926 g/mol. The number of unbranched alkanes of at least 4 members (excludes halogenated alkanes) is 22. The van der Waals surface area contributed by atoms with E-state index >= 15 is 0 Å². The van der Waals surface area contributed by atoms with Gasteiger partial charge in [-0.05, 0) is 114 Å². The predicted octanol–water partition coefficient (Wildman–Crippen LogP) is 18.8. The largest absolute Gasteiger partial charge is 0.490 e. The van der Waals surface area contributed by atoms with Gasteiger partial charge in [0.05, 0.1) is 39.6 Å². The summed E-state index contributed by atoms with van der Waals surface area (Å²) >= 11 is 0. The maximum absolute atomic E-state index is 8.55. The first kappa shape index (κ1) is 55.4. The van der Waals surface area contributed by atoms with Gasteiger partial charge in [0.15, 0.2) is 34.5 Å². The highest BCUT2D eigenvalue weighted by Crippen LogP contribution is 2.49. The monoisotopic (exact) mass is 926 g/mol. The van der Waals surface area contributed by atoms with Crippen LogP contribution in [0.15, 0.2) is 41.5 Å². The number of fused-ring (bicyclic) bond motifs is 6. The summed E-state index contributed by atoms with van der Waals surface area (Å²) in [5.74, 6) is 4.78. The fraction of sp³-hybridized carbons (Fsp3) is 0.690. The number of ether oxygens (including phenoxy) is 6. The van der Waals surface area contributed by atoms with Crippen LogP contribution < -0.4 is 28.4 Å². The normalized spacial score (nSPS) is 11.4. The minimum absolute atomic E-state index is 0.599. The molecule has 0 fully saturated rings. The van der Waals surface area contributed by atoms with Gasteiger partial charge < -0.3 is 28.4 Å². The molecule has 0 unspecified atom stereocenters. The Labute approximate surface area is 406 Å². The van der Waals surface area contributed by atoms with Crippen molar-refractivity contribution in [2.45, 2.75) is 214 Å². The zero-order valence-electron chi connectivity index (χ0n) is 43.0. The van der Waals surface area contributed by atoms with Crippen molar-refractivity contribution in [2.75, 3.05) is 46.2 Å². The summed E-state index contributed by atoms with van der Waals surface area (Å²) < 4.78 is 40.5. The summed E-state index contributed by atoms with van der Waals surface area (Å²) in [6, 6.07) is 13.3. The molecule has 0 spiro atoms. The van der Waals surface area contributed by atoms with Gasteiger partial charge in [-0.3, -0.25) is 0 Å². The highest BCUT2D eigenvalue weighted by molar-refractivity contribution is 6.28. The van der Waals surface area contributed by atoms with E-state index in [0.29, 0.717) is 46.2 Å². The quantitative estimate of drug-likeness (QED) is 0.0144. The Morgan fingerprint density at radius 1 is 0.343 bits per heavy atom. The van der Waals surface area contributed by atoms with Crippen LogP contribution in [0.2, 0.25) is 0 Å². The molecule has 0 aliphatic rings. The molecule has 0 saturated carbocycles. The lowest BCUT2D eigenvalue weighted by Gasteiger charge is -2.22. The van der Waals surface area contributed by atoms with E-state index in [1.165, 1.54) is 89.9 Å². The number of benzene rings is 4. The van der Waals surface area contributed by atoms with Gasteiger partial charge in [0.25, 0.3) is 0 Å². The van der Waals surface area contributed by atoms with E-state index in [2.05, 4.69) is 81.0 Å². The third-order valence-electron chi connectivity index (χ3n) is 12.9. The van der Waals surface area contributed by atoms with Gasteiger partial charge in [-0.2, -0.15) is 0 Å². The molecule has 0 bridgehead atoms. The van der Waals surface area contributed by atoms with Crippen molar-refractivity contribution in [1.82, 2.24) is 0 Å². The Bertz CT molecular complexity index is 2000. The standard InChI is InChI=1S/C58H91N3O6/c1-6-11-16-28-37-62-52-35-34-47-48-43-53(63-38-29-17-12-7-2)54(64-39-30-18-13-8-3)44-49(48)50-45-55(65-40-31-19-14-9-4)56(66-41-32-20-15-10-5)46-51(50)57(47)58(52)67-42-33-26-24-22-21-23-25-27-36-60-61-59/h34-35,43-46H,6-33,36-42H2,1-5H3. The maximum atomic E-state index is 8.55. The molecule has 67 heavy (non-hydrogen) atoms. The van der Waals surface area contributed by atoms with Crippen LogP contribution >= 0.6 is 0 Å². The predicted molar refractivity (Wildman–Crippen MR) is 284 cm³/mol. The Balaban J connectivity index is 1.87. The molecule has 0 atom stereocenters. The van der Waals surface area contributed by atoms with Gasteiger partial charge in [0, 0.05) is 16.8 Å². The summed E-state index contributed by atoms with van der Waals surface area (Å²) in [6.07, 6.45) is 31.7. The molecule has 4 rings (SSSR count). The van der Waals surface area contributed by atoms with Crippen LogP contribution in [-0.4, -0.2) is 46.2 Å². The Kier molecular flexibility index (Phi) is 28.9. The van der Waals surface area contributed by atoms with Gasteiger partial charge in [-0.25, -0.2) is 0 Å². The SMILES string of the molecule is CCCCCCOc1cc2c(cc1OCCCCCC)c1ccc(OCCCCCC)c(OCCCCCCCCCCN=[N+]=[N-])c1c1cc(OCCCCCC)c(OCCCCCC)cc21. The van der Waals surface area contributed by atoms with Crippen LogP contribution in [0.4, 0.5) is 0 Å². The number of azide groups is 1. The summed E-state index contributed by atoms with van der Waals surface area (Å²) in [4.78, 5) is 2.88. The van der Waals surface area contributed by atoms with Crippen LogP contribution in [0.3, 0.4) is 0 Å². The molecule has 0 N–H and O–H groups in total. The summed E-state index contributed by atoms with van der Waals surface area (Å²) in [5, 5.41) is 10.2. The van der Waals surface area contributed by atoms with Crippen molar-refractivity contribution in [1.29, 1.82) is 0 Å². The third-order valence-corrected chi connectivity index (χ3v) is 12.9. The molecule has 0 aliphatic heterocycles. The van der Waals surface area contributed by atoms with E-state index in [4.69, 9.17) is 34.0 Å². The van der Waals surface area contributed by atoms with Crippen molar-refractivity contribution in [3.63, 3.8) is 0 Å². The van der Waals surface area contributed by atoms with Crippen molar-refractivity contribution >= 4 is 32.3 Å². The Hall–Kier alpha value is -4.23. The summed E-state index contributed by atoms with van der Waals surface area (Å²) in [5.41, 5.74) is 8.55. The van der Waals surface area contributed by atoms with E-state index in [1.54, 1.807) is 0 Å². The molecule has 0 heterocycles. The van der Waals surface area contributed by atoms with Crippen LogP contribution in [-0.2, 0) is 0 Å². The average Bonchev–Trinajstić information content (AvgIpc) is 3.34. The molecule has 0 amide bonds. The van der Waals surface area contributed by atoms with Gasteiger partial charge in [0.1, 0.15) is 0 Å². The number of rotatable bonds is 42. The zero-order valence-corrected chi connectivity index (χ0v) is 43.0. The van der Waals surface area contributed by atoms with Gasteiger partial charge >= 0.3 is 0 Å². The van der Waals surface area contributed by atoms with E-state index < -0.39 is 0 Å². The highest BCUT2D eigenvalue weighted by Gasteiger charge is 2.22.